The van der Waals surface area contributed by atoms with Gasteiger partial charge in [-0.05, 0) is 14.0 Å². The van der Waals surface area contributed by atoms with Crippen LogP contribution in [0.25, 0.3) is 0 Å². The summed E-state index contributed by atoms with van der Waals surface area (Å²) in [5.41, 5.74) is 0. The molecule has 0 amide bonds. The molecule has 0 spiro atoms. The average Bonchev–Trinajstić information content (AvgIpc) is 2.21. The number of rotatable bonds is 5. The third-order valence-electron chi connectivity index (χ3n) is 2.73. The predicted octanol–water partition coefficient (Wildman–Crippen LogP) is -4.61. The molecule has 16 heavy (non-hydrogen) atoms. The largest absolute Gasteiger partial charge is 1.00 e. The van der Waals surface area contributed by atoms with E-state index in [1.54, 1.807) is 0 Å². The Kier molecular flexibility index (Phi) is 8.07. The van der Waals surface area contributed by atoms with Gasteiger partial charge in [-0.2, -0.15) is 0 Å². The van der Waals surface area contributed by atoms with Crippen LogP contribution in [0.15, 0.2) is 0 Å². The first-order valence-corrected chi connectivity index (χ1v) is 5.36. The van der Waals surface area contributed by atoms with Crippen molar-refractivity contribution in [2.75, 3.05) is 46.4 Å². The molecule has 0 unspecified atom stereocenters. The molecule has 1 atom stereocenters. The van der Waals surface area contributed by atoms with Gasteiger partial charge >= 0.3 is 18.9 Å². The Morgan fingerprint density at radius 3 is 2.38 bits per heavy atom. The summed E-state index contributed by atoms with van der Waals surface area (Å²) in [6.07, 6.45) is 0. The van der Waals surface area contributed by atoms with Crippen molar-refractivity contribution in [3.8, 4) is 0 Å². The summed E-state index contributed by atoms with van der Waals surface area (Å²) in [5, 5.41) is 10.9. The first kappa shape index (κ1) is 15.9. The van der Waals surface area contributed by atoms with E-state index in [2.05, 4.69) is 4.90 Å². The zero-order valence-corrected chi connectivity index (χ0v) is 10.4. The van der Waals surface area contributed by atoms with Crippen LogP contribution in [0.1, 0.15) is 6.92 Å². The second kappa shape index (κ2) is 8.10. The quantitative estimate of drug-likeness (QED) is 0.438. The van der Waals surface area contributed by atoms with Crippen molar-refractivity contribution < 1.29 is 33.5 Å². The first-order valence-electron chi connectivity index (χ1n) is 5.36. The van der Waals surface area contributed by atoms with Crippen molar-refractivity contribution >= 4 is 5.97 Å². The molecule has 5 nitrogen and oxygen atoms in total. The van der Waals surface area contributed by atoms with Gasteiger partial charge < -0.3 is 19.5 Å². The Morgan fingerprint density at radius 1 is 1.38 bits per heavy atom. The van der Waals surface area contributed by atoms with Crippen LogP contribution >= 0.6 is 0 Å². The predicted molar refractivity (Wildman–Crippen MR) is 54.4 cm³/mol. The number of nitrogens with zero attached hydrogens (tertiary/aromatic N) is 2. The van der Waals surface area contributed by atoms with Crippen LogP contribution < -0.4 is 24.0 Å². The van der Waals surface area contributed by atoms with Crippen molar-refractivity contribution in [1.29, 1.82) is 0 Å². The van der Waals surface area contributed by atoms with E-state index >= 15 is 0 Å². The number of hydrogen-bond acceptors (Lipinski definition) is 5. The van der Waals surface area contributed by atoms with E-state index in [9.17, 15) is 9.90 Å². The number of piperazine rings is 1. The molecule has 1 fully saturated rings. The third-order valence-corrected chi connectivity index (χ3v) is 2.73. The van der Waals surface area contributed by atoms with E-state index in [0.717, 1.165) is 26.2 Å². The minimum Gasteiger partial charge on any atom is -0.548 e. The van der Waals surface area contributed by atoms with Crippen molar-refractivity contribution in [1.82, 2.24) is 9.80 Å². The maximum absolute atomic E-state index is 10.9. The molecule has 1 aliphatic rings. The molecule has 1 saturated heterocycles. The molecule has 0 aromatic rings. The molecule has 0 saturated carbocycles. The number of carbonyl (C=O) groups excluding carboxylic acids is 1. The van der Waals surface area contributed by atoms with Crippen LogP contribution in [0.5, 0.6) is 0 Å². The van der Waals surface area contributed by atoms with Crippen molar-refractivity contribution in [2.24, 2.45) is 0 Å². The molecule has 0 bridgehead atoms. The van der Waals surface area contributed by atoms with E-state index in [0.29, 0.717) is 6.61 Å². The van der Waals surface area contributed by atoms with Crippen molar-refractivity contribution in [3.05, 3.63) is 0 Å². The van der Waals surface area contributed by atoms with Crippen LogP contribution in [-0.4, -0.2) is 68.3 Å². The van der Waals surface area contributed by atoms with Crippen LogP contribution in [0, 0.1) is 0 Å². The zero-order chi connectivity index (χ0) is 11.3. The van der Waals surface area contributed by atoms with E-state index < -0.39 is 12.0 Å². The van der Waals surface area contributed by atoms with Gasteiger partial charge in [-0.15, -0.1) is 0 Å². The molecule has 1 rings (SSSR count). The Balaban J connectivity index is 0.00000225. The minimum absolute atomic E-state index is 0. The van der Waals surface area contributed by atoms with E-state index in [1.807, 2.05) is 18.9 Å². The Hall–Kier alpha value is -0.0526. The van der Waals surface area contributed by atoms with Gasteiger partial charge in [0, 0.05) is 32.8 Å². The number of aliphatic carboxylic acids is 1. The maximum atomic E-state index is 10.9. The number of likely N-dealkylation sites (N-methyl/N-ethyl adjacent to an activating group) is 1. The van der Waals surface area contributed by atoms with Gasteiger partial charge in [-0.1, -0.05) is 0 Å². The molecule has 1 heterocycles. The zero-order valence-electron chi connectivity index (χ0n) is 10.4. The van der Waals surface area contributed by atoms with Gasteiger partial charge in [-0.3, -0.25) is 4.90 Å². The molecule has 0 N–H and O–H groups in total. The Labute approximate surface area is 109 Å². The topological polar surface area (TPSA) is 55.8 Å². The number of ether oxygens (including phenoxy) is 1. The smallest absolute Gasteiger partial charge is 0.548 e. The fourth-order valence-electron chi connectivity index (χ4n) is 1.69. The van der Waals surface area contributed by atoms with Gasteiger partial charge in [0.15, 0.2) is 0 Å². The number of carbonyl (C=O) groups is 1. The van der Waals surface area contributed by atoms with E-state index in [-0.39, 0.29) is 25.5 Å². The molecule has 6 heteroatoms. The van der Waals surface area contributed by atoms with Crippen LogP contribution in [-0.2, 0) is 9.53 Å². The van der Waals surface area contributed by atoms with Gasteiger partial charge in [-0.25, -0.2) is 0 Å². The van der Waals surface area contributed by atoms with Crippen LogP contribution in [0.3, 0.4) is 0 Å². The molecule has 1 aliphatic heterocycles. The van der Waals surface area contributed by atoms with Crippen molar-refractivity contribution in [3.63, 3.8) is 0 Å². The van der Waals surface area contributed by atoms with Crippen LogP contribution in [0.4, 0.5) is 0 Å². The van der Waals surface area contributed by atoms with Gasteiger partial charge in [0.05, 0.1) is 18.6 Å². The number of carboxylic acid groups (broad SMARTS) is 1. The maximum Gasteiger partial charge on any atom is 1.00 e. The molecule has 0 aromatic heterocycles. The minimum atomic E-state index is -1.03. The van der Waals surface area contributed by atoms with E-state index in [4.69, 9.17) is 4.74 Å². The summed E-state index contributed by atoms with van der Waals surface area (Å²) in [5.74, 6) is -1.03. The molecule has 0 aromatic carbocycles. The molecule has 0 radical (unpaired) electrons. The summed E-state index contributed by atoms with van der Waals surface area (Å²) >= 11 is 0. The van der Waals surface area contributed by atoms with Crippen LogP contribution in [0.2, 0.25) is 0 Å². The normalized spacial score (nSPS) is 20.1. The van der Waals surface area contributed by atoms with Gasteiger partial charge in [0.1, 0.15) is 0 Å². The summed E-state index contributed by atoms with van der Waals surface area (Å²) in [7, 11) is 2.04. The molecular weight excluding hydrogens is 203 g/mol. The summed E-state index contributed by atoms with van der Waals surface area (Å²) in [4.78, 5) is 15.0. The van der Waals surface area contributed by atoms with Gasteiger partial charge in [0.25, 0.3) is 0 Å². The summed E-state index contributed by atoms with van der Waals surface area (Å²) in [6.45, 7) is 5.95. The van der Waals surface area contributed by atoms with Crippen molar-refractivity contribution in [2.45, 2.75) is 13.0 Å². The Bertz CT molecular complexity index is 208. The standard InChI is InChI=1S/C10H20N2O3.Li/c1-3-15-8-9(10(13)14)12-6-4-11(2)5-7-12;/h9H,3-8H2,1-2H3,(H,13,14);/q;+1/p-1/t9-;/m1./s1. The average molecular weight is 222 g/mol. The van der Waals surface area contributed by atoms with E-state index in [1.165, 1.54) is 0 Å². The summed E-state index contributed by atoms with van der Waals surface area (Å²) < 4.78 is 5.16. The fourth-order valence-corrected chi connectivity index (χ4v) is 1.69. The number of hydrogen-bond donors (Lipinski definition) is 0. The Morgan fingerprint density at radius 2 is 1.94 bits per heavy atom. The molecular formula is C10H19LiN2O3. The first-order chi connectivity index (χ1) is 7.15. The third kappa shape index (κ3) is 4.85. The monoisotopic (exact) mass is 222 g/mol. The SMILES string of the molecule is CCOC[C@H](C(=O)[O-])N1CCN(C)CC1.[Li+]. The molecule has 0 aliphatic carbocycles. The summed E-state index contributed by atoms with van der Waals surface area (Å²) in [6, 6.07) is -0.598. The fraction of sp³-hybridized carbons (Fsp3) is 0.900. The second-order valence-corrected chi connectivity index (χ2v) is 3.83. The van der Waals surface area contributed by atoms with Gasteiger partial charge in [0.2, 0.25) is 0 Å². The molecule has 88 valence electrons. The number of carboxylic acids is 1. The second-order valence-electron chi connectivity index (χ2n) is 3.83.